The average Bonchev–Trinajstić information content (AvgIpc) is 3.13. The predicted molar refractivity (Wildman–Crippen MR) is 112 cm³/mol. The Balaban J connectivity index is 1.79. The molecule has 0 radical (unpaired) electrons. The summed E-state index contributed by atoms with van der Waals surface area (Å²) in [5.74, 6) is -0.488. The Labute approximate surface area is 172 Å². The van der Waals surface area contributed by atoms with Gasteiger partial charge in [-0.15, -0.1) is 17.9 Å². The van der Waals surface area contributed by atoms with E-state index in [1.165, 1.54) is 34.1 Å². The second-order valence-electron chi connectivity index (χ2n) is 5.50. The Morgan fingerprint density at radius 3 is 2.96 bits per heavy atom. The van der Waals surface area contributed by atoms with Gasteiger partial charge in [-0.1, -0.05) is 29.4 Å². The Kier molecular flexibility index (Phi) is 6.12. The van der Waals surface area contributed by atoms with E-state index in [-0.39, 0.29) is 34.3 Å². The highest BCUT2D eigenvalue weighted by atomic mass is 35.5. The molecule has 0 saturated carbocycles. The number of fused-ring (bicyclic) bond motifs is 1. The van der Waals surface area contributed by atoms with Crippen LogP contribution in [0.1, 0.15) is 0 Å². The van der Waals surface area contributed by atoms with Crippen LogP contribution in [0.15, 0.2) is 52.3 Å². The molecule has 8 nitrogen and oxygen atoms in total. The first-order chi connectivity index (χ1) is 13.4. The van der Waals surface area contributed by atoms with Gasteiger partial charge in [-0.05, 0) is 17.5 Å². The quantitative estimate of drug-likeness (QED) is 0.197. The van der Waals surface area contributed by atoms with Crippen molar-refractivity contribution in [3.8, 4) is 0 Å². The molecule has 144 valence electrons. The van der Waals surface area contributed by atoms with Crippen LogP contribution in [0, 0.1) is 10.1 Å². The number of carbonyl (C=O) groups excluding carboxylic acids is 1. The van der Waals surface area contributed by atoms with Crippen molar-refractivity contribution in [2.24, 2.45) is 0 Å². The lowest BCUT2D eigenvalue weighted by atomic mass is 10.3. The summed E-state index contributed by atoms with van der Waals surface area (Å²) in [4.78, 5) is 40.2. The van der Waals surface area contributed by atoms with Crippen molar-refractivity contribution in [3.05, 3.63) is 67.8 Å². The fraction of sp³-hybridized carbons (Fsp3) is 0.118. The molecule has 0 spiro atoms. The number of aromatic nitrogens is 2. The number of hydrogen-bond acceptors (Lipinski definition) is 7. The molecule has 0 atom stereocenters. The number of hydrogen-bond donors (Lipinski definition) is 1. The molecule has 3 aromatic rings. The van der Waals surface area contributed by atoms with E-state index in [1.54, 1.807) is 17.5 Å². The van der Waals surface area contributed by atoms with Crippen molar-refractivity contribution in [3.63, 3.8) is 0 Å². The van der Waals surface area contributed by atoms with Crippen molar-refractivity contribution in [2.45, 2.75) is 11.7 Å². The Morgan fingerprint density at radius 1 is 1.46 bits per heavy atom. The van der Waals surface area contributed by atoms with Crippen molar-refractivity contribution in [1.82, 2.24) is 9.55 Å². The number of thiophene rings is 1. The molecule has 0 aliphatic carbocycles. The number of nitro groups is 1. The van der Waals surface area contributed by atoms with Crippen LogP contribution in [0.25, 0.3) is 10.2 Å². The number of carbonyl (C=O) groups is 1. The number of anilines is 1. The zero-order valence-corrected chi connectivity index (χ0v) is 16.6. The van der Waals surface area contributed by atoms with Gasteiger partial charge in [0.1, 0.15) is 4.83 Å². The first-order valence-electron chi connectivity index (χ1n) is 7.86. The normalized spacial score (nSPS) is 10.8. The molecule has 0 aliphatic rings. The minimum absolute atomic E-state index is 0.0561. The second-order valence-corrected chi connectivity index (χ2v) is 7.74. The molecule has 1 N–H and O–H groups in total. The summed E-state index contributed by atoms with van der Waals surface area (Å²) in [6.45, 7) is 3.91. The van der Waals surface area contributed by atoms with E-state index in [0.29, 0.717) is 15.4 Å². The smallest absolute Gasteiger partial charge is 0.271 e. The second kappa shape index (κ2) is 8.55. The lowest BCUT2D eigenvalue weighted by Gasteiger charge is -2.10. The number of non-ortho nitro benzene ring substituents is 1. The number of thioether (sulfide) groups is 1. The van der Waals surface area contributed by atoms with Gasteiger partial charge < -0.3 is 5.32 Å². The summed E-state index contributed by atoms with van der Waals surface area (Å²) in [7, 11) is 0. The highest BCUT2D eigenvalue weighted by Gasteiger charge is 2.15. The summed E-state index contributed by atoms with van der Waals surface area (Å²) < 4.78 is 1.44. The standard InChI is InChI=1S/C17H13ClN4O4S2/c1-2-6-21-16(24)11-5-7-27-15(11)20-17(21)28-9-14(23)19-13-8-10(22(25)26)3-4-12(13)18/h2-5,7-8H,1,6,9H2,(H,19,23). The minimum Gasteiger partial charge on any atom is -0.324 e. The van der Waals surface area contributed by atoms with Crippen LogP contribution in [0.3, 0.4) is 0 Å². The van der Waals surface area contributed by atoms with E-state index in [0.717, 1.165) is 11.8 Å². The van der Waals surface area contributed by atoms with E-state index in [9.17, 15) is 19.7 Å². The lowest BCUT2D eigenvalue weighted by molar-refractivity contribution is -0.384. The van der Waals surface area contributed by atoms with Crippen LogP contribution in [0.4, 0.5) is 11.4 Å². The molecule has 1 aromatic carbocycles. The third kappa shape index (κ3) is 4.24. The van der Waals surface area contributed by atoms with Crippen LogP contribution >= 0.6 is 34.7 Å². The summed E-state index contributed by atoms with van der Waals surface area (Å²) >= 11 is 8.42. The third-order valence-electron chi connectivity index (χ3n) is 3.63. The molecule has 0 saturated heterocycles. The fourth-order valence-electron chi connectivity index (χ4n) is 2.37. The fourth-order valence-corrected chi connectivity index (χ4v) is 4.15. The zero-order chi connectivity index (χ0) is 20.3. The third-order valence-corrected chi connectivity index (χ3v) is 5.74. The van der Waals surface area contributed by atoms with Crippen molar-refractivity contribution in [1.29, 1.82) is 0 Å². The maximum absolute atomic E-state index is 12.6. The van der Waals surface area contributed by atoms with Gasteiger partial charge in [0, 0.05) is 18.7 Å². The van der Waals surface area contributed by atoms with Gasteiger partial charge in [-0.2, -0.15) is 0 Å². The summed E-state index contributed by atoms with van der Waals surface area (Å²) in [5.41, 5.74) is -0.237. The van der Waals surface area contributed by atoms with Crippen LogP contribution in [-0.2, 0) is 11.3 Å². The van der Waals surface area contributed by atoms with Gasteiger partial charge in [0.2, 0.25) is 5.91 Å². The minimum atomic E-state index is -0.575. The molecular weight excluding hydrogens is 424 g/mol. The summed E-state index contributed by atoms with van der Waals surface area (Å²) in [5, 5.41) is 16.3. The summed E-state index contributed by atoms with van der Waals surface area (Å²) in [6, 6.07) is 5.49. The molecule has 0 unspecified atom stereocenters. The molecule has 28 heavy (non-hydrogen) atoms. The molecule has 3 rings (SSSR count). The van der Waals surface area contributed by atoms with Gasteiger partial charge in [-0.25, -0.2) is 4.98 Å². The number of halogens is 1. The number of amides is 1. The lowest BCUT2D eigenvalue weighted by Crippen LogP contribution is -2.23. The van der Waals surface area contributed by atoms with Gasteiger partial charge >= 0.3 is 0 Å². The molecule has 0 fully saturated rings. The predicted octanol–water partition coefficient (Wildman–Crippen LogP) is 3.94. The first-order valence-corrected chi connectivity index (χ1v) is 10.1. The van der Waals surface area contributed by atoms with E-state index in [4.69, 9.17) is 11.6 Å². The number of nitrogens with one attached hydrogen (secondary N) is 1. The van der Waals surface area contributed by atoms with Crippen molar-refractivity contribution < 1.29 is 9.72 Å². The topological polar surface area (TPSA) is 107 Å². The zero-order valence-electron chi connectivity index (χ0n) is 14.3. The molecule has 0 bridgehead atoms. The van der Waals surface area contributed by atoms with Crippen LogP contribution in [0.5, 0.6) is 0 Å². The maximum Gasteiger partial charge on any atom is 0.271 e. The van der Waals surface area contributed by atoms with E-state index in [2.05, 4.69) is 16.9 Å². The van der Waals surface area contributed by atoms with E-state index < -0.39 is 10.8 Å². The molecular formula is C17H13ClN4O4S2. The molecule has 2 aromatic heterocycles. The number of nitro benzene ring substituents is 1. The van der Waals surface area contributed by atoms with Gasteiger partial charge in [0.05, 0.1) is 26.8 Å². The number of rotatable bonds is 7. The number of benzene rings is 1. The van der Waals surface area contributed by atoms with Gasteiger partial charge in [0.15, 0.2) is 5.16 Å². The van der Waals surface area contributed by atoms with Gasteiger partial charge in [0.25, 0.3) is 11.2 Å². The number of allylic oxidation sites excluding steroid dienone is 1. The molecule has 1 amide bonds. The van der Waals surface area contributed by atoms with Crippen LogP contribution in [-0.4, -0.2) is 26.1 Å². The van der Waals surface area contributed by atoms with E-state index >= 15 is 0 Å². The van der Waals surface area contributed by atoms with Gasteiger partial charge in [-0.3, -0.25) is 24.3 Å². The molecule has 2 heterocycles. The highest BCUT2D eigenvalue weighted by molar-refractivity contribution is 7.99. The summed E-state index contributed by atoms with van der Waals surface area (Å²) in [6.07, 6.45) is 1.58. The Bertz CT molecular complexity index is 1140. The molecule has 0 aliphatic heterocycles. The SMILES string of the molecule is C=CCn1c(SCC(=O)Nc2cc([N+](=O)[O-])ccc2Cl)nc2sccc2c1=O. The molecule has 11 heteroatoms. The largest absolute Gasteiger partial charge is 0.324 e. The number of nitrogens with zero attached hydrogens (tertiary/aromatic N) is 3. The monoisotopic (exact) mass is 436 g/mol. The Hall–Kier alpha value is -2.69. The van der Waals surface area contributed by atoms with Crippen LogP contribution < -0.4 is 10.9 Å². The van der Waals surface area contributed by atoms with Crippen molar-refractivity contribution >= 4 is 62.2 Å². The highest BCUT2D eigenvalue weighted by Crippen LogP contribution is 2.27. The van der Waals surface area contributed by atoms with E-state index in [1.807, 2.05) is 0 Å². The first kappa shape index (κ1) is 20.1. The Morgan fingerprint density at radius 2 is 2.25 bits per heavy atom. The van der Waals surface area contributed by atoms with Crippen LogP contribution in [0.2, 0.25) is 5.02 Å². The average molecular weight is 437 g/mol. The maximum atomic E-state index is 12.6. The van der Waals surface area contributed by atoms with Crippen molar-refractivity contribution in [2.75, 3.05) is 11.1 Å².